The van der Waals surface area contributed by atoms with E-state index in [9.17, 15) is 4.79 Å². The molecule has 3 nitrogen and oxygen atoms in total. The number of nitrogens with zero attached hydrogens (tertiary/aromatic N) is 1. The van der Waals surface area contributed by atoms with Crippen molar-refractivity contribution in [2.45, 2.75) is 6.92 Å². The van der Waals surface area contributed by atoms with E-state index in [-0.39, 0.29) is 0 Å². The number of benzene rings is 1. The van der Waals surface area contributed by atoms with Gasteiger partial charge in [-0.15, -0.1) is 0 Å². The number of carbonyl (C=O) groups excluding carboxylic acids is 1. The zero-order valence-corrected chi connectivity index (χ0v) is 13.1. The first-order valence-electron chi connectivity index (χ1n) is 6.72. The van der Waals surface area contributed by atoms with Gasteiger partial charge < -0.3 is 9.14 Å². The van der Waals surface area contributed by atoms with Gasteiger partial charge in [-0.1, -0.05) is 22.0 Å². The molecule has 0 bridgehead atoms. The van der Waals surface area contributed by atoms with Crippen molar-refractivity contribution in [1.29, 1.82) is 0 Å². The molecule has 0 spiro atoms. The molecule has 4 heteroatoms. The van der Waals surface area contributed by atoms with Gasteiger partial charge in [-0.3, -0.25) is 4.79 Å². The third-order valence-electron chi connectivity index (χ3n) is 3.37. The molecule has 106 valence electrons. The van der Waals surface area contributed by atoms with E-state index in [4.69, 9.17) is 4.74 Å². The first-order valence-corrected chi connectivity index (χ1v) is 7.52. The summed E-state index contributed by atoms with van der Waals surface area (Å²) in [5, 5.41) is 0. The summed E-state index contributed by atoms with van der Waals surface area (Å²) in [6.07, 6.45) is 2.79. The van der Waals surface area contributed by atoms with Gasteiger partial charge in [0.2, 0.25) is 0 Å². The molecule has 0 unspecified atom stereocenters. The molecule has 0 aliphatic rings. The van der Waals surface area contributed by atoms with E-state index >= 15 is 0 Å². The molecule has 0 saturated carbocycles. The van der Waals surface area contributed by atoms with Crippen molar-refractivity contribution < 1.29 is 9.53 Å². The van der Waals surface area contributed by atoms with E-state index in [1.54, 1.807) is 0 Å². The summed E-state index contributed by atoms with van der Waals surface area (Å²) in [6, 6.07) is 13.7. The fourth-order valence-electron chi connectivity index (χ4n) is 2.45. The quantitative estimate of drug-likeness (QED) is 0.649. The Labute approximate surface area is 131 Å². The van der Waals surface area contributed by atoms with Crippen molar-refractivity contribution >= 4 is 27.7 Å². The van der Waals surface area contributed by atoms with Gasteiger partial charge in [0, 0.05) is 21.7 Å². The number of rotatable bonds is 4. The van der Waals surface area contributed by atoms with E-state index in [1.807, 2.05) is 60.0 Å². The summed E-state index contributed by atoms with van der Waals surface area (Å²) in [4.78, 5) is 11.5. The summed E-state index contributed by atoms with van der Waals surface area (Å²) in [5.41, 5.74) is 3.53. The molecule has 1 aromatic carbocycles. The number of aldehydes is 1. The first kappa shape index (κ1) is 13.9. The molecule has 0 aliphatic carbocycles. The summed E-state index contributed by atoms with van der Waals surface area (Å²) in [7, 11) is 0. The van der Waals surface area contributed by atoms with Gasteiger partial charge in [-0.25, -0.2) is 0 Å². The van der Waals surface area contributed by atoms with Crippen LogP contribution in [0.4, 0.5) is 0 Å². The van der Waals surface area contributed by atoms with Crippen LogP contribution in [0, 0.1) is 0 Å². The number of ether oxygens (including phenoxy) is 1. The van der Waals surface area contributed by atoms with Crippen molar-refractivity contribution in [2.75, 3.05) is 6.61 Å². The van der Waals surface area contributed by atoms with Crippen LogP contribution < -0.4 is 4.74 Å². The molecule has 0 aliphatic heterocycles. The van der Waals surface area contributed by atoms with Crippen LogP contribution in [0.15, 0.2) is 53.1 Å². The number of fused-ring (bicyclic) bond motifs is 1. The number of hydrogen-bond donors (Lipinski definition) is 0. The predicted octanol–water partition coefficient (Wildman–Crippen LogP) is 4.58. The maximum absolute atomic E-state index is 11.5. The Bertz CT molecular complexity index is 808. The second-order valence-corrected chi connectivity index (χ2v) is 5.49. The normalized spacial score (nSPS) is 10.8. The number of pyridine rings is 1. The van der Waals surface area contributed by atoms with Crippen LogP contribution in [0.5, 0.6) is 5.75 Å². The lowest BCUT2D eigenvalue weighted by molar-refractivity contribution is 0.111. The van der Waals surface area contributed by atoms with Crippen LogP contribution in [0.3, 0.4) is 0 Å². The standard InChI is InChI=1S/C17H14BrNO2/c1-2-21-13-6-7-14(16(18)10-13)15-9-12-5-3-4-8-19(12)17(15)11-20/h3-11H,2H2,1H3. The molecule has 0 saturated heterocycles. The smallest absolute Gasteiger partial charge is 0.167 e. The first-order chi connectivity index (χ1) is 10.2. The highest BCUT2D eigenvalue weighted by molar-refractivity contribution is 9.10. The number of hydrogen-bond acceptors (Lipinski definition) is 2. The molecular weight excluding hydrogens is 330 g/mol. The molecule has 0 atom stereocenters. The number of carbonyl (C=O) groups is 1. The van der Waals surface area contributed by atoms with Gasteiger partial charge in [0.25, 0.3) is 0 Å². The van der Waals surface area contributed by atoms with E-state index in [0.717, 1.165) is 33.2 Å². The van der Waals surface area contributed by atoms with E-state index in [2.05, 4.69) is 15.9 Å². The Morgan fingerprint density at radius 3 is 2.76 bits per heavy atom. The molecule has 0 N–H and O–H groups in total. The zero-order valence-electron chi connectivity index (χ0n) is 11.5. The second-order valence-electron chi connectivity index (χ2n) is 4.63. The van der Waals surface area contributed by atoms with E-state index < -0.39 is 0 Å². The summed E-state index contributed by atoms with van der Waals surface area (Å²) < 4.78 is 8.29. The van der Waals surface area contributed by atoms with Crippen molar-refractivity contribution in [1.82, 2.24) is 4.40 Å². The van der Waals surface area contributed by atoms with Crippen LogP contribution in [-0.2, 0) is 0 Å². The van der Waals surface area contributed by atoms with Crippen molar-refractivity contribution in [2.24, 2.45) is 0 Å². The highest BCUT2D eigenvalue weighted by Gasteiger charge is 2.14. The van der Waals surface area contributed by atoms with Crippen molar-refractivity contribution in [3.63, 3.8) is 0 Å². The molecule has 3 rings (SSSR count). The van der Waals surface area contributed by atoms with Crippen LogP contribution in [0.25, 0.3) is 16.6 Å². The minimum absolute atomic E-state index is 0.626. The fraction of sp³-hybridized carbons (Fsp3) is 0.118. The monoisotopic (exact) mass is 343 g/mol. The molecule has 2 heterocycles. The predicted molar refractivity (Wildman–Crippen MR) is 87.1 cm³/mol. The van der Waals surface area contributed by atoms with E-state index in [1.165, 1.54) is 0 Å². The number of aromatic nitrogens is 1. The second kappa shape index (κ2) is 5.74. The van der Waals surface area contributed by atoms with Crippen LogP contribution in [-0.4, -0.2) is 17.3 Å². The van der Waals surface area contributed by atoms with Gasteiger partial charge in [0.15, 0.2) is 6.29 Å². The average Bonchev–Trinajstić information content (AvgIpc) is 2.86. The molecule has 21 heavy (non-hydrogen) atoms. The number of halogens is 1. The van der Waals surface area contributed by atoms with Crippen molar-refractivity contribution in [3.8, 4) is 16.9 Å². The lowest BCUT2D eigenvalue weighted by atomic mass is 10.1. The van der Waals surface area contributed by atoms with Gasteiger partial charge in [0.05, 0.1) is 12.3 Å². The van der Waals surface area contributed by atoms with Gasteiger partial charge in [-0.2, -0.15) is 0 Å². The van der Waals surface area contributed by atoms with E-state index in [0.29, 0.717) is 12.3 Å². The third kappa shape index (κ3) is 2.47. The summed E-state index contributed by atoms with van der Waals surface area (Å²) in [6.45, 7) is 2.58. The SMILES string of the molecule is CCOc1ccc(-c2cc3ccccn3c2C=O)c(Br)c1. The average molecular weight is 344 g/mol. The topological polar surface area (TPSA) is 30.7 Å². The highest BCUT2D eigenvalue weighted by Crippen LogP contribution is 2.34. The molecule has 0 amide bonds. The van der Waals surface area contributed by atoms with Crippen LogP contribution in [0.2, 0.25) is 0 Å². The largest absolute Gasteiger partial charge is 0.494 e. The minimum atomic E-state index is 0.626. The summed E-state index contributed by atoms with van der Waals surface area (Å²) in [5.74, 6) is 0.810. The lowest BCUT2D eigenvalue weighted by Gasteiger charge is -2.07. The molecule has 2 aromatic heterocycles. The van der Waals surface area contributed by atoms with Crippen LogP contribution >= 0.6 is 15.9 Å². The Morgan fingerprint density at radius 1 is 1.19 bits per heavy atom. The van der Waals surface area contributed by atoms with Gasteiger partial charge >= 0.3 is 0 Å². The fourth-order valence-corrected chi connectivity index (χ4v) is 3.02. The minimum Gasteiger partial charge on any atom is -0.494 e. The third-order valence-corrected chi connectivity index (χ3v) is 4.03. The Hall–Kier alpha value is -2.07. The highest BCUT2D eigenvalue weighted by atomic mass is 79.9. The maximum atomic E-state index is 11.5. The molecule has 0 radical (unpaired) electrons. The Balaban J connectivity index is 2.18. The lowest BCUT2D eigenvalue weighted by Crippen LogP contribution is -1.93. The molecule has 3 aromatic rings. The Morgan fingerprint density at radius 2 is 2.05 bits per heavy atom. The maximum Gasteiger partial charge on any atom is 0.167 e. The van der Waals surface area contributed by atoms with Gasteiger partial charge in [-0.05, 0) is 48.9 Å². The Kier molecular flexibility index (Phi) is 3.80. The summed E-state index contributed by atoms with van der Waals surface area (Å²) >= 11 is 3.57. The van der Waals surface area contributed by atoms with Crippen molar-refractivity contribution in [3.05, 3.63) is 58.8 Å². The molecular formula is C17H14BrNO2. The van der Waals surface area contributed by atoms with Gasteiger partial charge in [0.1, 0.15) is 5.75 Å². The van der Waals surface area contributed by atoms with Crippen LogP contribution in [0.1, 0.15) is 17.4 Å². The zero-order chi connectivity index (χ0) is 14.8. The molecule has 0 fully saturated rings.